The summed E-state index contributed by atoms with van der Waals surface area (Å²) >= 11 is 1.89. The second kappa shape index (κ2) is 6.17. The standard InChI is InChI=1S/C13H19NO2S/c1-3-10(9-14-2)17-11-4-5-12-13(8-11)16-7-6-15-12/h4-5,8,10,14H,3,6-7,9H2,1-2H3. The highest BCUT2D eigenvalue weighted by molar-refractivity contribution is 8.00. The maximum atomic E-state index is 5.59. The fraction of sp³-hybridized carbons (Fsp3) is 0.538. The van der Waals surface area contributed by atoms with Gasteiger partial charge in [0.05, 0.1) is 0 Å². The van der Waals surface area contributed by atoms with E-state index in [1.807, 2.05) is 24.9 Å². The van der Waals surface area contributed by atoms with Crippen LogP contribution in [0.2, 0.25) is 0 Å². The Bertz CT molecular complexity index is 370. The highest BCUT2D eigenvalue weighted by atomic mass is 32.2. The average Bonchev–Trinajstić information content (AvgIpc) is 2.38. The zero-order valence-electron chi connectivity index (χ0n) is 10.4. The lowest BCUT2D eigenvalue weighted by Gasteiger charge is -2.20. The Morgan fingerprint density at radius 2 is 2.06 bits per heavy atom. The van der Waals surface area contributed by atoms with Gasteiger partial charge in [0.1, 0.15) is 13.2 Å². The first-order valence-electron chi connectivity index (χ1n) is 6.04. The predicted molar refractivity (Wildman–Crippen MR) is 71.3 cm³/mol. The van der Waals surface area contributed by atoms with E-state index < -0.39 is 0 Å². The lowest BCUT2D eigenvalue weighted by atomic mass is 10.3. The van der Waals surface area contributed by atoms with Crippen LogP contribution in [-0.2, 0) is 0 Å². The van der Waals surface area contributed by atoms with Crippen molar-refractivity contribution >= 4 is 11.8 Å². The van der Waals surface area contributed by atoms with Crippen LogP contribution in [-0.4, -0.2) is 32.1 Å². The van der Waals surface area contributed by atoms with Gasteiger partial charge in [0.25, 0.3) is 0 Å². The Kier molecular flexibility index (Phi) is 4.57. The fourth-order valence-electron chi connectivity index (χ4n) is 1.79. The van der Waals surface area contributed by atoms with Crippen LogP contribution in [0.15, 0.2) is 23.1 Å². The smallest absolute Gasteiger partial charge is 0.162 e. The number of nitrogens with one attached hydrogen (secondary N) is 1. The van der Waals surface area contributed by atoms with Crippen molar-refractivity contribution in [2.24, 2.45) is 0 Å². The SMILES string of the molecule is CCC(CNC)Sc1ccc2c(c1)OCCO2. The van der Waals surface area contributed by atoms with E-state index in [1.54, 1.807) is 0 Å². The Balaban J connectivity index is 2.05. The molecule has 0 saturated heterocycles. The highest BCUT2D eigenvalue weighted by Gasteiger charge is 2.13. The summed E-state index contributed by atoms with van der Waals surface area (Å²) in [7, 11) is 1.99. The maximum Gasteiger partial charge on any atom is 0.162 e. The molecule has 0 aliphatic carbocycles. The third-order valence-electron chi connectivity index (χ3n) is 2.70. The Morgan fingerprint density at radius 3 is 2.76 bits per heavy atom. The van der Waals surface area contributed by atoms with Crippen LogP contribution in [0.5, 0.6) is 11.5 Å². The molecule has 0 saturated carbocycles. The predicted octanol–water partition coefficient (Wildman–Crippen LogP) is 2.55. The minimum absolute atomic E-state index is 0.600. The molecule has 1 aromatic carbocycles. The van der Waals surface area contributed by atoms with Crippen molar-refractivity contribution in [3.8, 4) is 11.5 Å². The first-order chi connectivity index (χ1) is 8.33. The first kappa shape index (κ1) is 12.6. The second-order valence-electron chi connectivity index (χ2n) is 4.01. The highest BCUT2D eigenvalue weighted by Crippen LogP contribution is 2.35. The van der Waals surface area contributed by atoms with Crippen LogP contribution >= 0.6 is 11.8 Å². The van der Waals surface area contributed by atoms with E-state index in [-0.39, 0.29) is 0 Å². The summed E-state index contributed by atoms with van der Waals surface area (Å²) in [5, 5.41) is 3.82. The first-order valence-corrected chi connectivity index (χ1v) is 6.92. The zero-order chi connectivity index (χ0) is 12.1. The molecular weight excluding hydrogens is 234 g/mol. The number of benzene rings is 1. The summed E-state index contributed by atoms with van der Waals surface area (Å²) in [6.45, 7) is 4.54. The summed E-state index contributed by atoms with van der Waals surface area (Å²) in [6, 6.07) is 6.19. The van der Waals surface area contributed by atoms with Gasteiger partial charge in [-0.2, -0.15) is 0 Å². The number of hydrogen-bond donors (Lipinski definition) is 1. The molecule has 0 amide bonds. The van der Waals surface area contributed by atoms with Gasteiger partial charge in [0.2, 0.25) is 0 Å². The third kappa shape index (κ3) is 3.30. The number of hydrogen-bond acceptors (Lipinski definition) is 4. The van der Waals surface area contributed by atoms with Crippen molar-refractivity contribution in [1.82, 2.24) is 5.32 Å². The van der Waals surface area contributed by atoms with Crippen LogP contribution in [0, 0.1) is 0 Å². The van der Waals surface area contributed by atoms with Gasteiger partial charge in [-0.05, 0) is 31.7 Å². The normalized spacial score (nSPS) is 15.6. The number of thioether (sulfide) groups is 1. The Labute approximate surface area is 107 Å². The Hall–Kier alpha value is -0.870. The third-order valence-corrected chi connectivity index (χ3v) is 4.06. The molecule has 0 fully saturated rings. The summed E-state index contributed by atoms with van der Waals surface area (Å²) in [6.07, 6.45) is 1.15. The molecular formula is C13H19NO2S. The molecule has 2 rings (SSSR count). The van der Waals surface area contributed by atoms with E-state index in [0.29, 0.717) is 18.5 Å². The van der Waals surface area contributed by atoms with E-state index >= 15 is 0 Å². The molecule has 94 valence electrons. The molecule has 1 aromatic rings. The van der Waals surface area contributed by atoms with Gasteiger partial charge < -0.3 is 14.8 Å². The van der Waals surface area contributed by atoms with Gasteiger partial charge in [0, 0.05) is 16.7 Å². The number of ether oxygens (including phenoxy) is 2. The molecule has 1 aliphatic heterocycles. The lowest BCUT2D eigenvalue weighted by Crippen LogP contribution is -2.20. The molecule has 3 nitrogen and oxygen atoms in total. The van der Waals surface area contributed by atoms with Gasteiger partial charge in [0.15, 0.2) is 11.5 Å². The van der Waals surface area contributed by atoms with Crippen LogP contribution < -0.4 is 14.8 Å². The van der Waals surface area contributed by atoms with Gasteiger partial charge in [-0.25, -0.2) is 0 Å². The van der Waals surface area contributed by atoms with Gasteiger partial charge in [-0.3, -0.25) is 0 Å². The molecule has 1 atom stereocenters. The molecule has 0 bridgehead atoms. The molecule has 1 N–H and O–H groups in total. The quantitative estimate of drug-likeness (QED) is 0.817. The van der Waals surface area contributed by atoms with Crippen molar-refractivity contribution in [2.75, 3.05) is 26.8 Å². The van der Waals surface area contributed by atoms with Crippen molar-refractivity contribution in [1.29, 1.82) is 0 Å². The van der Waals surface area contributed by atoms with Crippen molar-refractivity contribution in [3.05, 3.63) is 18.2 Å². The number of rotatable bonds is 5. The van der Waals surface area contributed by atoms with E-state index in [9.17, 15) is 0 Å². The van der Waals surface area contributed by atoms with Crippen molar-refractivity contribution in [3.63, 3.8) is 0 Å². The van der Waals surface area contributed by atoms with Crippen LogP contribution in [0.3, 0.4) is 0 Å². The van der Waals surface area contributed by atoms with E-state index in [1.165, 1.54) is 4.90 Å². The molecule has 0 spiro atoms. The largest absolute Gasteiger partial charge is 0.486 e. The van der Waals surface area contributed by atoms with Crippen LogP contribution in [0.1, 0.15) is 13.3 Å². The fourth-order valence-corrected chi connectivity index (χ4v) is 2.91. The molecule has 0 radical (unpaired) electrons. The van der Waals surface area contributed by atoms with E-state index in [2.05, 4.69) is 24.4 Å². The van der Waals surface area contributed by atoms with E-state index in [0.717, 1.165) is 24.5 Å². The van der Waals surface area contributed by atoms with Crippen molar-refractivity contribution < 1.29 is 9.47 Å². The summed E-state index contributed by atoms with van der Waals surface area (Å²) in [4.78, 5) is 1.25. The van der Waals surface area contributed by atoms with Gasteiger partial charge in [-0.1, -0.05) is 6.92 Å². The molecule has 4 heteroatoms. The summed E-state index contributed by atoms with van der Waals surface area (Å²) in [5.74, 6) is 1.74. The average molecular weight is 253 g/mol. The van der Waals surface area contributed by atoms with Crippen LogP contribution in [0.25, 0.3) is 0 Å². The molecule has 1 aliphatic rings. The summed E-state index contributed by atoms with van der Waals surface area (Å²) < 4.78 is 11.1. The molecule has 1 heterocycles. The van der Waals surface area contributed by atoms with Gasteiger partial charge in [-0.15, -0.1) is 11.8 Å². The van der Waals surface area contributed by atoms with Crippen molar-refractivity contribution in [2.45, 2.75) is 23.5 Å². The second-order valence-corrected chi connectivity index (χ2v) is 5.39. The van der Waals surface area contributed by atoms with E-state index in [4.69, 9.17) is 9.47 Å². The molecule has 17 heavy (non-hydrogen) atoms. The lowest BCUT2D eigenvalue weighted by molar-refractivity contribution is 0.171. The maximum absolute atomic E-state index is 5.59. The number of fused-ring (bicyclic) bond motifs is 1. The summed E-state index contributed by atoms with van der Waals surface area (Å²) in [5.41, 5.74) is 0. The monoisotopic (exact) mass is 253 g/mol. The molecule has 0 aromatic heterocycles. The molecule has 1 unspecified atom stereocenters. The topological polar surface area (TPSA) is 30.5 Å². The zero-order valence-corrected chi connectivity index (χ0v) is 11.2. The minimum atomic E-state index is 0.600. The van der Waals surface area contributed by atoms with Crippen LogP contribution in [0.4, 0.5) is 0 Å². The van der Waals surface area contributed by atoms with Gasteiger partial charge >= 0.3 is 0 Å². The Morgan fingerprint density at radius 1 is 1.29 bits per heavy atom. The minimum Gasteiger partial charge on any atom is -0.486 e.